The minimum Gasteiger partial charge on any atom is -0.410 e. The molecule has 0 radical (unpaired) electrons. The molecule has 0 aromatic heterocycles. The first-order valence-corrected chi connectivity index (χ1v) is 11.1. The summed E-state index contributed by atoms with van der Waals surface area (Å²) in [6.45, 7) is 0.221. The lowest BCUT2D eigenvalue weighted by molar-refractivity contribution is -0.384. The van der Waals surface area contributed by atoms with Crippen molar-refractivity contribution in [2.24, 2.45) is 5.11 Å². The third-order valence-electron chi connectivity index (χ3n) is 3.67. The summed E-state index contributed by atoms with van der Waals surface area (Å²) in [6, 6.07) is 5.09. The summed E-state index contributed by atoms with van der Waals surface area (Å²) in [5.74, 6) is 0.169. The van der Waals surface area contributed by atoms with Crippen molar-refractivity contribution in [3.05, 3.63) is 44.8 Å². The predicted octanol–water partition coefficient (Wildman–Crippen LogP) is 1.78. The van der Waals surface area contributed by atoms with Crippen molar-refractivity contribution >= 4 is 11.8 Å². The molecule has 1 aromatic carbocycles. The quantitative estimate of drug-likeness (QED) is 0.0321. The number of nitrogens with zero attached hydrogens (tertiary/aromatic N) is 4. The molecule has 0 bridgehead atoms. The SMILES string of the molecule is [N-]=[N+]=NCCOCOCOCOCOCOCOCOCOCOCCNC(=O)Oc1ccc([N+](=O)[O-])cc1. The van der Waals surface area contributed by atoms with Gasteiger partial charge in [0, 0.05) is 30.1 Å². The number of azide groups is 1. The number of nitrogens with one attached hydrogen (secondary N) is 1. The summed E-state index contributed by atoms with van der Waals surface area (Å²) in [7, 11) is 0. The normalized spacial score (nSPS) is 10.7. The molecular formula is C20H31N5O14. The molecule has 1 amide bonds. The van der Waals surface area contributed by atoms with E-state index in [9.17, 15) is 14.9 Å². The lowest BCUT2D eigenvalue weighted by Gasteiger charge is -2.09. The van der Waals surface area contributed by atoms with Gasteiger partial charge in [0.1, 0.15) is 19.3 Å². The largest absolute Gasteiger partial charge is 0.412 e. The van der Waals surface area contributed by atoms with Crippen molar-refractivity contribution in [2.75, 3.05) is 87.4 Å². The van der Waals surface area contributed by atoms with E-state index < -0.39 is 11.0 Å². The lowest BCUT2D eigenvalue weighted by atomic mass is 10.3. The fourth-order valence-corrected chi connectivity index (χ4v) is 2.07. The number of nitro groups is 1. The van der Waals surface area contributed by atoms with Gasteiger partial charge in [-0.2, -0.15) is 0 Å². The highest BCUT2D eigenvalue weighted by atomic mass is 16.8. The van der Waals surface area contributed by atoms with E-state index in [0.717, 1.165) is 0 Å². The molecule has 0 spiro atoms. The summed E-state index contributed by atoms with van der Waals surface area (Å²) in [5, 5.41) is 16.3. The van der Waals surface area contributed by atoms with Gasteiger partial charge in [0.05, 0.1) is 18.1 Å². The summed E-state index contributed by atoms with van der Waals surface area (Å²) in [5.41, 5.74) is 7.96. The van der Waals surface area contributed by atoms with E-state index in [0.29, 0.717) is 0 Å². The molecule has 0 saturated carbocycles. The molecule has 0 aliphatic rings. The molecule has 0 aliphatic heterocycles. The minimum atomic E-state index is -0.729. The Bertz CT molecular complexity index is 813. The Morgan fingerprint density at radius 3 is 1.64 bits per heavy atom. The average Bonchev–Trinajstić information content (AvgIpc) is 2.93. The first kappa shape index (κ1) is 33.8. The van der Waals surface area contributed by atoms with Gasteiger partial charge in [0.15, 0.2) is 47.6 Å². The van der Waals surface area contributed by atoms with Gasteiger partial charge < -0.3 is 57.4 Å². The maximum Gasteiger partial charge on any atom is 0.412 e. The van der Waals surface area contributed by atoms with E-state index in [2.05, 4.69) is 15.3 Å². The van der Waals surface area contributed by atoms with Gasteiger partial charge in [0.2, 0.25) is 0 Å². The predicted molar refractivity (Wildman–Crippen MR) is 126 cm³/mol. The topological polar surface area (TPSA) is 223 Å². The second-order valence-electron chi connectivity index (χ2n) is 6.53. The number of benzene rings is 1. The van der Waals surface area contributed by atoms with Crippen LogP contribution in [0.4, 0.5) is 10.5 Å². The lowest BCUT2D eigenvalue weighted by Crippen LogP contribution is -2.30. The molecule has 1 aromatic rings. The molecule has 220 valence electrons. The van der Waals surface area contributed by atoms with Crippen LogP contribution in [-0.2, 0) is 47.4 Å². The molecule has 19 heteroatoms. The first-order chi connectivity index (χ1) is 19.1. The molecular weight excluding hydrogens is 534 g/mol. The second-order valence-corrected chi connectivity index (χ2v) is 6.53. The number of hydrogen-bond acceptors (Lipinski definition) is 15. The number of nitro benzene ring substituents is 1. The number of rotatable bonds is 26. The van der Waals surface area contributed by atoms with Crippen LogP contribution in [0.1, 0.15) is 0 Å². The van der Waals surface area contributed by atoms with Crippen LogP contribution in [0.3, 0.4) is 0 Å². The van der Waals surface area contributed by atoms with Crippen LogP contribution in [0.2, 0.25) is 0 Å². The third kappa shape index (κ3) is 21.4. The van der Waals surface area contributed by atoms with E-state index in [-0.39, 0.29) is 98.9 Å². The summed E-state index contributed by atoms with van der Waals surface area (Å²) in [6.07, 6.45) is -0.729. The van der Waals surface area contributed by atoms with Gasteiger partial charge in [-0.3, -0.25) is 10.1 Å². The molecule has 0 unspecified atom stereocenters. The Hall–Kier alpha value is -3.20. The smallest absolute Gasteiger partial charge is 0.410 e. The van der Waals surface area contributed by atoms with Crippen molar-refractivity contribution in [3.63, 3.8) is 0 Å². The third-order valence-corrected chi connectivity index (χ3v) is 3.67. The van der Waals surface area contributed by atoms with E-state index >= 15 is 0 Å². The van der Waals surface area contributed by atoms with Crippen molar-refractivity contribution in [1.82, 2.24) is 5.32 Å². The monoisotopic (exact) mass is 565 g/mol. The molecule has 0 aliphatic carbocycles. The highest BCUT2D eigenvalue weighted by Gasteiger charge is 2.07. The fraction of sp³-hybridized carbons (Fsp3) is 0.650. The zero-order valence-electron chi connectivity index (χ0n) is 21.0. The van der Waals surface area contributed by atoms with Crippen LogP contribution >= 0.6 is 0 Å². The van der Waals surface area contributed by atoms with Crippen LogP contribution in [0.15, 0.2) is 29.4 Å². The number of amides is 1. The Labute approximate surface area is 222 Å². The van der Waals surface area contributed by atoms with Gasteiger partial charge >= 0.3 is 6.09 Å². The molecule has 0 heterocycles. The Kier molecular flexibility index (Phi) is 21.8. The molecule has 19 nitrogen and oxygen atoms in total. The van der Waals surface area contributed by atoms with Gasteiger partial charge in [-0.15, -0.1) is 0 Å². The molecule has 1 rings (SSSR count). The van der Waals surface area contributed by atoms with Crippen molar-refractivity contribution in [2.45, 2.75) is 0 Å². The van der Waals surface area contributed by atoms with E-state index in [4.69, 9.17) is 57.6 Å². The highest BCUT2D eigenvalue weighted by Crippen LogP contribution is 2.17. The van der Waals surface area contributed by atoms with Crippen LogP contribution < -0.4 is 10.1 Å². The zero-order chi connectivity index (χ0) is 28.2. The van der Waals surface area contributed by atoms with Crippen molar-refractivity contribution < 1.29 is 61.8 Å². The van der Waals surface area contributed by atoms with Gasteiger partial charge in [-0.1, -0.05) is 5.11 Å². The summed E-state index contributed by atoms with van der Waals surface area (Å²) < 4.78 is 55.2. The van der Waals surface area contributed by atoms with Crippen molar-refractivity contribution in [1.29, 1.82) is 0 Å². The Balaban J connectivity index is 1.74. The number of carbonyl (C=O) groups is 1. The van der Waals surface area contributed by atoms with Crippen LogP contribution in [-0.4, -0.2) is 98.5 Å². The van der Waals surface area contributed by atoms with Crippen LogP contribution in [0.5, 0.6) is 5.75 Å². The number of non-ortho nitro benzene ring substituents is 1. The minimum absolute atomic E-state index is 0.00251. The number of ether oxygens (including phenoxy) is 11. The van der Waals surface area contributed by atoms with Gasteiger partial charge in [-0.05, 0) is 17.7 Å². The molecule has 0 atom stereocenters. The standard InChI is InChI=1S/C20H31N5O14/c21-24-23-6-8-30-10-32-12-34-14-36-16-38-17-37-15-35-13-33-11-31-9-29-7-5-22-20(26)39-19-3-1-18(2-4-19)25(27)28/h1-4H,5-17H2,(H,22,26). The maximum absolute atomic E-state index is 11.6. The van der Waals surface area contributed by atoms with E-state index in [1.54, 1.807) is 0 Å². The molecule has 0 fully saturated rings. The number of hydrogen-bond donors (Lipinski definition) is 1. The van der Waals surface area contributed by atoms with E-state index in [1.165, 1.54) is 24.3 Å². The Morgan fingerprint density at radius 1 is 0.769 bits per heavy atom. The molecule has 1 N–H and O–H groups in total. The highest BCUT2D eigenvalue weighted by molar-refractivity contribution is 5.70. The fourth-order valence-electron chi connectivity index (χ4n) is 2.07. The van der Waals surface area contributed by atoms with Gasteiger partial charge in [0.25, 0.3) is 5.69 Å². The van der Waals surface area contributed by atoms with Crippen LogP contribution in [0.25, 0.3) is 10.4 Å². The zero-order valence-corrected chi connectivity index (χ0v) is 21.0. The summed E-state index contributed by atoms with van der Waals surface area (Å²) >= 11 is 0. The maximum atomic E-state index is 11.6. The molecule has 0 saturated heterocycles. The average molecular weight is 565 g/mol. The van der Waals surface area contributed by atoms with E-state index in [1.807, 2.05) is 0 Å². The van der Waals surface area contributed by atoms with Crippen molar-refractivity contribution in [3.8, 4) is 5.75 Å². The second kappa shape index (κ2) is 25.1. The molecule has 39 heavy (non-hydrogen) atoms. The Morgan fingerprint density at radius 2 is 1.21 bits per heavy atom. The summed E-state index contributed by atoms with van der Waals surface area (Å²) in [4.78, 5) is 24.2. The first-order valence-electron chi connectivity index (χ1n) is 11.1. The van der Waals surface area contributed by atoms with Gasteiger partial charge in [-0.25, -0.2) is 4.79 Å². The van der Waals surface area contributed by atoms with Crippen LogP contribution in [0, 0.1) is 10.1 Å². The number of carbonyl (C=O) groups excluding carboxylic acids is 1.